The quantitative estimate of drug-likeness (QED) is 0.617. The Bertz CT molecular complexity index is 161. The molecule has 1 unspecified atom stereocenters. The third-order valence-corrected chi connectivity index (χ3v) is 2.93. The zero-order chi connectivity index (χ0) is 10.5. The maximum atomic E-state index is 11.4. The van der Waals surface area contributed by atoms with Crippen molar-refractivity contribution in [3.8, 4) is 0 Å². The van der Waals surface area contributed by atoms with Gasteiger partial charge < -0.3 is 4.74 Å². The van der Waals surface area contributed by atoms with Crippen molar-refractivity contribution in [2.24, 2.45) is 11.3 Å². The Balaban J connectivity index is 4.17. The molecule has 0 amide bonds. The minimum Gasteiger partial charge on any atom is -0.469 e. The molecule has 0 aromatic carbocycles. The van der Waals surface area contributed by atoms with Crippen molar-refractivity contribution in [2.45, 2.75) is 47.0 Å². The van der Waals surface area contributed by atoms with E-state index in [0.717, 1.165) is 6.42 Å². The van der Waals surface area contributed by atoms with Crippen LogP contribution in [-0.4, -0.2) is 13.1 Å². The Labute approximate surface area is 81.7 Å². The van der Waals surface area contributed by atoms with Gasteiger partial charge in [-0.05, 0) is 26.2 Å². The molecule has 2 nitrogen and oxygen atoms in total. The van der Waals surface area contributed by atoms with Crippen molar-refractivity contribution in [3.05, 3.63) is 0 Å². The molecule has 13 heavy (non-hydrogen) atoms. The van der Waals surface area contributed by atoms with Crippen LogP contribution in [0.5, 0.6) is 0 Å². The molecule has 0 bridgehead atoms. The summed E-state index contributed by atoms with van der Waals surface area (Å²) in [4.78, 5) is 11.4. The molecule has 0 heterocycles. The molecular formula is C11H22O2. The summed E-state index contributed by atoms with van der Waals surface area (Å²) in [5, 5.41) is 0. The first-order valence-corrected chi connectivity index (χ1v) is 5.05. The number of unbranched alkanes of at least 4 members (excludes halogenated alkanes) is 1. The monoisotopic (exact) mass is 186 g/mol. The number of hydrogen-bond donors (Lipinski definition) is 0. The molecule has 1 atom stereocenters. The first-order chi connectivity index (χ1) is 5.96. The largest absolute Gasteiger partial charge is 0.469 e. The molecule has 0 spiro atoms. The highest BCUT2D eigenvalue weighted by Gasteiger charge is 2.34. The van der Waals surface area contributed by atoms with Crippen LogP contribution in [0.4, 0.5) is 0 Å². The first kappa shape index (κ1) is 12.5. The molecule has 78 valence electrons. The van der Waals surface area contributed by atoms with E-state index in [-0.39, 0.29) is 11.4 Å². The summed E-state index contributed by atoms with van der Waals surface area (Å²) in [5.74, 6) is 0.288. The van der Waals surface area contributed by atoms with Crippen molar-refractivity contribution in [1.82, 2.24) is 0 Å². The van der Waals surface area contributed by atoms with Gasteiger partial charge in [-0.1, -0.05) is 26.7 Å². The van der Waals surface area contributed by atoms with E-state index in [1.165, 1.54) is 20.0 Å². The highest BCUT2D eigenvalue weighted by molar-refractivity contribution is 5.76. The third kappa shape index (κ3) is 3.37. The van der Waals surface area contributed by atoms with Crippen LogP contribution < -0.4 is 0 Å². The third-order valence-electron chi connectivity index (χ3n) is 2.93. The average Bonchev–Trinajstić information content (AvgIpc) is 2.12. The lowest BCUT2D eigenvalue weighted by Crippen LogP contribution is -2.32. The van der Waals surface area contributed by atoms with Crippen LogP contribution in [0.3, 0.4) is 0 Å². The number of ether oxygens (including phenoxy) is 1. The molecule has 0 fully saturated rings. The van der Waals surface area contributed by atoms with Gasteiger partial charge in [0, 0.05) is 0 Å². The van der Waals surface area contributed by atoms with Gasteiger partial charge in [-0.25, -0.2) is 0 Å². The Morgan fingerprint density at radius 1 is 1.46 bits per heavy atom. The summed E-state index contributed by atoms with van der Waals surface area (Å²) in [5.41, 5.74) is -0.343. The summed E-state index contributed by atoms with van der Waals surface area (Å²) in [6.45, 7) is 8.20. The summed E-state index contributed by atoms with van der Waals surface area (Å²) in [7, 11) is 1.45. The Hall–Kier alpha value is -0.530. The number of carbonyl (C=O) groups is 1. The summed E-state index contributed by atoms with van der Waals surface area (Å²) < 4.78 is 4.78. The van der Waals surface area contributed by atoms with E-state index in [1.807, 2.05) is 13.8 Å². The van der Waals surface area contributed by atoms with Crippen LogP contribution in [0, 0.1) is 11.3 Å². The highest BCUT2D eigenvalue weighted by Crippen LogP contribution is 2.31. The molecule has 0 radical (unpaired) electrons. The fourth-order valence-electron chi connectivity index (χ4n) is 1.34. The summed E-state index contributed by atoms with van der Waals surface area (Å²) >= 11 is 0. The smallest absolute Gasteiger partial charge is 0.311 e. The van der Waals surface area contributed by atoms with Gasteiger partial charge in [0.15, 0.2) is 0 Å². The Morgan fingerprint density at radius 2 is 2.00 bits per heavy atom. The molecule has 0 aromatic rings. The van der Waals surface area contributed by atoms with Gasteiger partial charge in [0.25, 0.3) is 0 Å². The zero-order valence-corrected chi connectivity index (χ0v) is 9.52. The van der Waals surface area contributed by atoms with Crippen molar-refractivity contribution in [1.29, 1.82) is 0 Å². The highest BCUT2D eigenvalue weighted by atomic mass is 16.5. The summed E-state index contributed by atoms with van der Waals surface area (Å²) in [6, 6.07) is 0. The molecule has 0 aliphatic heterocycles. The maximum Gasteiger partial charge on any atom is 0.311 e. The second-order valence-corrected chi connectivity index (χ2v) is 4.26. The molecule has 2 heteroatoms. The minimum atomic E-state index is -0.343. The topological polar surface area (TPSA) is 26.3 Å². The lowest BCUT2D eigenvalue weighted by atomic mass is 9.77. The van der Waals surface area contributed by atoms with E-state index in [1.54, 1.807) is 0 Å². The molecule has 0 aliphatic carbocycles. The van der Waals surface area contributed by atoms with E-state index >= 15 is 0 Å². The zero-order valence-electron chi connectivity index (χ0n) is 9.52. The molecule has 0 saturated heterocycles. The molecule has 0 saturated carbocycles. The van der Waals surface area contributed by atoms with E-state index in [0.29, 0.717) is 5.92 Å². The first-order valence-electron chi connectivity index (χ1n) is 5.05. The number of esters is 1. The van der Waals surface area contributed by atoms with Crippen molar-refractivity contribution >= 4 is 5.97 Å². The van der Waals surface area contributed by atoms with Crippen molar-refractivity contribution in [3.63, 3.8) is 0 Å². The van der Waals surface area contributed by atoms with Crippen molar-refractivity contribution in [2.75, 3.05) is 7.11 Å². The van der Waals surface area contributed by atoms with Gasteiger partial charge in [0.1, 0.15) is 0 Å². The van der Waals surface area contributed by atoms with Crippen LogP contribution in [0.1, 0.15) is 47.0 Å². The second kappa shape index (κ2) is 5.25. The maximum absolute atomic E-state index is 11.4. The number of hydrogen-bond acceptors (Lipinski definition) is 2. The molecule has 0 aliphatic rings. The number of methoxy groups -OCH3 is 1. The molecule has 0 N–H and O–H groups in total. The lowest BCUT2D eigenvalue weighted by molar-refractivity contribution is -0.153. The van der Waals surface area contributed by atoms with E-state index < -0.39 is 0 Å². The van der Waals surface area contributed by atoms with E-state index in [2.05, 4.69) is 13.8 Å². The van der Waals surface area contributed by atoms with Gasteiger partial charge in [-0.15, -0.1) is 0 Å². The lowest BCUT2D eigenvalue weighted by Gasteiger charge is -2.28. The van der Waals surface area contributed by atoms with Crippen LogP contribution in [0.15, 0.2) is 0 Å². The SMILES string of the molecule is CCCCC(C)C(C)(C)C(=O)OC. The summed E-state index contributed by atoms with van der Waals surface area (Å²) in [6.07, 6.45) is 3.46. The predicted octanol–water partition coefficient (Wildman–Crippen LogP) is 3.01. The molecule has 0 aromatic heterocycles. The standard InChI is InChI=1S/C11H22O2/c1-6-7-8-9(2)11(3,4)10(12)13-5/h9H,6-8H2,1-5H3. The van der Waals surface area contributed by atoms with Gasteiger partial charge in [-0.3, -0.25) is 4.79 Å². The number of rotatable bonds is 5. The van der Waals surface area contributed by atoms with Crippen molar-refractivity contribution < 1.29 is 9.53 Å². The van der Waals surface area contributed by atoms with Gasteiger partial charge in [-0.2, -0.15) is 0 Å². The molecule has 0 rings (SSSR count). The predicted molar refractivity (Wildman–Crippen MR) is 54.5 cm³/mol. The van der Waals surface area contributed by atoms with E-state index in [9.17, 15) is 4.79 Å². The fourth-order valence-corrected chi connectivity index (χ4v) is 1.34. The second-order valence-electron chi connectivity index (χ2n) is 4.26. The van der Waals surface area contributed by atoms with Crippen LogP contribution in [-0.2, 0) is 9.53 Å². The normalized spacial score (nSPS) is 13.9. The fraction of sp³-hybridized carbons (Fsp3) is 0.909. The number of carbonyl (C=O) groups excluding carboxylic acids is 1. The Kier molecular flexibility index (Phi) is 5.04. The minimum absolute atomic E-state index is 0.101. The van der Waals surface area contributed by atoms with Crippen LogP contribution >= 0.6 is 0 Å². The van der Waals surface area contributed by atoms with Gasteiger partial charge >= 0.3 is 5.97 Å². The molecular weight excluding hydrogens is 164 g/mol. The van der Waals surface area contributed by atoms with Crippen LogP contribution in [0.25, 0.3) is 0 Å². The average molecular weight is 186 g/mol. The van der Waals surface area contributed by atoms with Gasteiger partial charge in [0.05, 0.1) is 12.5 Å². The Morgan fingerprint density at radius 3 is 2.38 bits per heavy atom. The van der Waals surface area contributed by atoms with E-state index in [4.69, 9.17) is 4.74 Å². The van der Waals surface area contributed by atoms with Gasteiger partial charge in [0.2, 0.25) is 0 Å². The van der Waals surface area contributed by atoms with Crippen LogP contribution in [0.2, 0.25) is 0 Å².